The zero-order valence-corrected chi connectivity index (χ0v) is 34.4. The zero-order valence-electron chi connectivity index (χ0n) is 33.8. The largest absolute Gasteiger partial charge is 1.00 e. The molecule has 9 rings (SSSR count). The number of hydrogen-bond donors (Lipinski definition) is 2. The van der Waals surface area contributed by atoms with Crippen LogP contribution >= 0.6 is 15.9 Å². The van der Waals surface area contributed by atoms with Crippen LogP contribution < -0.4 is 15.3 Å². The van der Waals surface area contributed by atoms with Gasteiger partial charge in [-0.25, -0.2) is 0 Å². The standard InChI is InChI=1S/C24H20BNO2.C24H18BrN.C4H8O.H/c27-25(28)21-13-17-24(18-14-21)26(22-9-5-2-6-10-22)23-15-11-20(12-16-23)19-7-3-1-4-8-19;25-21-13-17-24(18-14-21)26(22-9-5-2-6-10-22)23-15-11-20(12-16-23)19-7-3-1-4-8-19;1-2-4-5-3-1;/h1-18,27-28H;1-18H;1-4H2;/q;;;-1. The molecular weight excluding hydrogens is 791 g/mol. The summed E-state index contributed by atoms with van der Waals surface area (Å²) in [6, 6.07) is 74.1. The van der Waals surface area contributed by atoms with Gasteiger partial charge in [-0.15, -0.1) is 0 Å². The van der Waals surface area contributed by atoms with E-state index < -0.39 is 7.12 Å². The van der Waals surface area contributed by atoms with E-state index in [2.05, 4.69) is 171 Å². The molecule has 1 fully saturated rings. The van der Waals surface area contributed by atoms with Crippen molar-refractivity contribution in [3.8, 4) is 22.3 Å². The maximum Gasteiger partial charge on any atom is 0.488 e. The fourth-order valence-corrected chi connectivity index (χ4v) is 7.08. The molecule has 0 atom stereocenters. The number of nitrogens with zero attached hydrogens (tertiary/aromatic N) is 2. The second-order valence-corrected chi connectivity index (χ2v) is 14.8. The summed E-state index contributed by atoms with van der Waals surface area (Å²) < 4.78 is 6.02. The van der Waals surface area contributed by atoms with E-state index in [9.17, 15) is 10.0 Å². The molecule has 0 saturated carbocycles. The fourth-order valence-electron chi connectivity index (χ4n) is 6.81. The fraction of sp³-hybridized carbons (Fsp3) is 0.0769. The molecule has 0 radical (unpaired) electrons. The minimum absolute atomic E-state index is 0. The maximum atomic E-state index is 9.37. The zero-order chi connectivity index (χ0) is 40.7. The molecule has 5 nitrogen and oxygen atoms in total. The SMILES string of the molecule is Brc1ccc(N(c2ccccc2)c2ccc(-c3ccccc3)cc2)cc1.C1CCOC1.OB(O)c1ccc(N(c2ccccc2)c2ccc(-c3ccccc3)cc2)cc1.[H-]. The predicted octanol–water partition coefficient (Wildman–Crippen LogP) is 13.0. The van der Waals surface area contributed by atoms with Gasteiger partial charge in [0, 0.05) is 51.8 Å². The smallest absolute Gasteiger partial charge is 0.488 e. The second kappa shape index (κ2) is 21.0. The topological polar surface area (TPSA) is 56.2 Å². The molecule has 1 saturated heterocycles. The van der Waals surface area contributed by atoms with Crippen LogP contribution in [-0.4, -0.2) is 30.4 Å². The third-order valence-corrected chi connectivity index (χ3v) is 10.4. The van der Waals surface area contributed by atoms with Crippen LogP contribution in [0.1, 0.15) is 14.3 Å². The van der Waals surface area contributed by atoms with Crippen molar-refractivity contribution in [1.29, 1.82) is 0 Å². The number of ether oxygens (including phenoxy) is 1. The van der Waals surface area contributed by atoms with Crippen molar-refractivity contribution in [2.45, 2.75) is 12.8 Å². The molecule has 1 aliphatic rings. The molecule has 1 heterocycles. The van der Waals surface area contributed by atoms with Crippen molar-refractivity contribution in [1.82, 2.24) is 0 Å². The molecule has 0 unspecified atom stereocenters. The van der Waals surface area contributed by atoms with Crippen molar-refractivity contribution in [3.05, 3.63) is 223 Å². The molecule has 0 bridgehead atoms. The average Bonchev–Trinajstić information content (AvgIpc) is 3.91. The summed E-state index contributed by atoms with van der Waals surface area (Å²) in [5.74, 6) is 0. The lowest BCUT2D eigenvalue weighted by molar-refractivity contribution is 0.198. The Morgan fingerprint density at radius 2 is 0.661 bits per heavy atom. The van der Waals surface area contributed by atoms with Crippen molar-refractivity contribution < 1.29 is 16.2 Å². The highest BCUT2D eigenvalue weighted by Gasteiger charge is 2.16. The van der Waals surface area contributed by atoms with Crippen LogP contribution in [-0.2, 0) is 4.74 Å². The van der Waals surface area contributed by atoms with Crippen molar-refractivity contribution in [3.63, 3.8) is 0 Å². The van der Waals surface area contributed by atoms with Crippen molar-refractivity contribution >= 4 is 62.6 Å². The Morgan fingerprint density at radius 3 is 0.983 bits per heavy atom. The Morgan fingerprint density at radius 1 is 0.373 bits per heavy atom. The predicted molar refractivity (Wildman–Crippen MR) is 252 cm³/mol. The highest BCUT2D eigenvalue weighted by atomic mass is 79.9. The first kappa shape index (κ1) is 41.0. The molecule has 1 aliphatic heterocycles. The third kappa shape index (κ3) is 11.3. The molecule has 8 aromatic rings. The van der Waals surface area contributed by atoms with Crippen molar-refractivity contribution in [2.75, 3.05) is 23.0 Å². The summed E-state index contributed by atoms with van der Waals surface area (Å²) >= 11 is 3.52. The minimum Gasteiger partial charge on any atom is -1.00 e. The van der Waals surface area contributed by atoms with Crippen LogP contribution in [0.2, 0.25) is 0 Å². The second-order valence-electron chi connectivity index (χ2n) is 13.9. The van der Waals surface area contributed by atoms with Gasteiger partial charge in [0.2, 0.25) is 0 Å². The quantitative estimate of drug-likeness (QED) is 0.142. The van der Waals surface area contributed by atoms with Crippen LogP contribution in [0.4, 0.5) is 34.1 Å². The van der Waals surface area contributed by atoms with Gasteiger partial charge in [0.15, 0.2) is 0 Å². The van der Waals surface area contributed by atoms with Gasteiger partial charge in [0.25, 0.3) is 0 Å². The van der Waals surface area contributed by atoms with E-state index in [1.165, 1.54) is 29.5 Å². The molecular formula is C52H47BBrN2O3-. The van der Waals surface area contributed by atoms with E-state index in [1.807, 2.05) is 60.7 Å². The summed E-state index contributed by atoms with van der Waals surface area (Å²) in [4.78, 5) is 4.41. The van der Waals surface area contributed by atoms with Gasteiger partial charge in [0.1, 0.15) is 0 Å². The lowest BCUT2D eigenvalue weighted by Gasteiger charge is -2.26. The monoisotopic (exact) mass is 837 g/mol. The van der Waals surface area contributed by atoms with E-state index in [1.54, 1.807) is 12.1 Å². The first-order valence-corrected chi connectivity index (χ1v) is 20.6. The Balaban J connectivity index is 0.000000178. The molecule has 2 N–H and O–H groups in total. The first-order chi connectivity index (χ1) is 29.0. The third-order valence-electron chi connectivity index (χ3n) is 9.86. The van der Waals surface area contributed by atoms with Gasteiger partial charge < -0.3 is 26.0 Å². The highest BCUT2D eigenvalue weighted by Crippen LogP contribution is 2.37. The number of benzene rings is 8. The van der Waals surface area contributed by atoms with Crippen LogP contribution in [0.3, 0.4) is 0 Å². The van der Waals surface area contributed by atoms with E-state index >= 15 is 0 Å². The molecule has 0 aliphatic carbocycles. The normalized spacial score (nSPS) is 11.6. The van der Waals surface area contributed by atoms with E-state index in [0.29, 0.717) is 5.46 Å². The van der Waals surface area contributed by atoms with Gasteiger partial charge in [-0.2, -0.15) is 0 Å². The van der Waals surface area contributed by atoms with E-state index in [-0.39, 0.29) is 1.43 Å². The number of hydrogen-bond acceptors (Lipinski definition) is 5. The Bertz CT molecular complexity index is 2420. The highest BCUT2D eigenvalue weighted by molar-refractivity contribution is 9.10. The molecule has 7 heteroatoms. The number of halogens is 1. The Hall–Kier alpha value is -6.22. The van der Waals surface area contributed by atoms with Gasteiger partial charge in [0.05, 0.1) is 0 Å². The minimum atomic E-state index is -1.47. The first-order valence-electron chi connectivity index (χ1n) is 19.8. The molecule has 8 aromatic carbocycles. The lowest BCUT2D eigenvalue weighted by atomic mass is 9.80. The molecule has 294 valence electrons. The van der Waals surface area contributed by atoms with Crippen LogP contribution in [0, 0.1) is 0 Å². The average molecular weight is 839 g/mol. The summed E-state index contributed by atoms with van der Waals surface area (Å²) in [6.45, 7) is 2.00. The van der Waals surface area contributed by atoms with E-state index in [4.69, 9.17) is 4.74 Å². The number of anilines is 6. The summed E-state index contributed by atoms with van der Waals surface area (Å²) in [5.41, 5.74) is 11.7. The molecule has 0 aromatic heterocycles. The van der Waals surface area contributed by atoms with E-state index in [0.717, 1.165) is 57.4 Å². The lowest BCUT2D eigenvalue weighted by Crippen LogP contribution is -2.29. The summed E-state index contributed by atoms with van der Waals surface area (Å²) in [5, 5.41) is 18.7. The Labute approximate surface area is 358 Å². The van der Waals surface area contributed by atoms with Gasteiger partial charge in [-0.1, -0.05) is 149 Å². The number of para-hydroxylation sites is 2. The molecule has 0 amide bonds. The van der Waals surface area contributed by atoms with Crippen LogP contribution in [0.25, 0.3) is 22.3 Å². The van der Waals surface area contributed by atoms with Gasteiger partial charge in [-0.05, 0) is 125 Å². The summed E-state index contributed by atoms with van der Waals surface area (Å²) in [6.07, 6.45) is 2.56. The van der Waals surface area contributed by atoms with Gasteiger partial charge in [-0.3, -0.25) is 0 Å². The molecule has 59 heavy (non-hydrogen) atoms. The van der Waals surface area contributed by atoms with Crippen molar-refractivity contribution in [2.24, 2.45) is 0 Å². The van der Waals surface area contributed by atoms with Crippen LogP contribution in [0.15, 0.2) is 223 Å². The molecule has 0 spiro atoms. The van der Waals surface area contributed by atoms with Gasteiger partial charge >= 0.3 is 7.12 Å². The Kier molecular flexibility index (Phi) is 14.6. The number of rotatable bonds is 9. The summed E-state index contributed by atoms with van der Waals surface area (Å²) in [7, 11) is -1.47. The maximum absolute atomic E-state index is 9.37. The van der Waals surface area contributed by atoms with Crippen LogP contribution in [0.5, 0.6) is 0 Å².